The molecule has 8 aromatic rings. The van der Waals surface area contributed by atoms with Gasteiger partial charge in [0, 0.05) is 54.4 Å². The number of aromatic amines is 1. The molecule has 22 heteroatoms. The topological polar surface area (TPSA) is 249 Å². The maximum Gasteiger partial charge on any atom is 0.407 e. The molecule has 3 atom stereocenters. The Hall–Kier alpha value is -9.36. The molecule has 0 saturated heterocycles. The molecule has 7 aromatic carbocycles. The molecule has 3 amide bonds. The SMILES string of the molecule is O=C(N[C@@H](Cc1c[nH]c2ccccc12)C(=O)N[C@@H](Cc1ccccc1)C(=O)N[C@@H](Cc1ccccc1)C(=O)OCc1cc2cc(c1)OCCOCCOCCOCCOCCOc1cccc(c1)OCCOCCOCCOCCOCCO2)OCC1c2ccccc2-c2ccccc21. The second-order valence-electron chi connectivity index (χ2n) is 23.3. The summed E-state index contributed by atoms with van der Waals surface area (Å²) in [6.45, 7) is 6.72. The Bertz CT molecular complexity index is 3630. The van der Waals surface area contributed by atoms with Gasteiger partial charge in [-0.25, -0.2) is 9.59 Å². The number of nitrogens with one attached hydrogen (secondary N) is 4. The van der Waals surface area contributed by atoms with E-state index in [4.69, 9.17) is 66.3 Å². The number of hydrogen-bond acceptors (Lipinski definition) is 18. The number of carbonyl (C=O) groups is 4. The minimum Gasteiger partial charge on any atom is -0.491 e. The Morgan fingerprint density at radius 1 is 0.384 bits per heavy atom. The molecule has 10 rings (SSSR count). The lowest BCUT2D eigenvalue weighted by molar-refractivity contribution is -0.149. The number of carbonyl (C=O) groups excluding carboxylic acids is 4. The molecule has 1 aromatic heterocycles. The van der Waals surface area contributed by atoms with Crippen molar-refractivity contribution in [1.82, 2.24) is 20.9 Å². The van der Waals surface area contributed by atoms with Crippen LogP contribution < -0.4 is 34.9 Å². The third kappa shape index (κ3) is 24.0. The lowest BCUT2D eigenvalue weighted by Gasteiger charge is -2.25. The fourth-order valence-corrected chi connectivity index (χ4v) is 11.3. The van der Waals surface area contributed by atoms with E-state index in [1.807, 2.05) is 146 Å². The fourth-order valence-electron chi connectivity index (χ4n) is 11.3. The van der Waals surface area contributed by atoms with Gasteiger partial charge in [-0.05, 0) is 74.8 Å². The third-order valence-electron chi connectivity index (χ3n) is 16.2. The highest BCUT2D eigenvalue weighted by atomic mass is 16.6. The summed E-state index contributed by atoms with van der Waals surface area (Å²) < 4.78 is 81.6. The van der Waals surface area contributed by atoms with E-state index >= 15 is 0 Å². The van der Waals surface area contributed by atoms with E-state index in [1.54, 1.807) is 24.4 Å². The molecule has 1 aliphatic heterocycles. The van der Waals surface area contributed by atoms with Gasteiger partial charge in [0.2, 0.25) is 11.8 Å². The number of fused-ring (bicyclic) bond motifs is 8. The minimum atomic E-state index is -1.24. The molecule has 0 saturated carbocycles. The average Bonchev–Trinajstić information content (AvgIpc) is 1.63. The minimum absolute atomic E-state index is 0.0175. The van der Waals surface area contributed by atoms with Gasteiger partial charge in [-0.3, -0.25) is 9.59 Å². The van der Waals surface area contributed by atoms with Crippen LogP contribution in [0.15, 0.2) is 182 Å². The van der Waals surface area contributed by atoms with Crippen LogP contribution in [0, 0.1) is 0 Å². The predicted octanol–water partition coefficient (Wildman–Crippen LogP) is 9.18. The maximum absolute atomic E-state index is 15.0. The van der Waals surface area contributed by atoms with Gasteiger partial charge >= 0.3 is 12.1 Å². The first-order valence-electron chi connectivity index (χ1n) is 33.7. The van der Waals surface area contributed by atoms with Gasteiger partial charge in [-0.2, -0.15) is 0 Å². The van der Waals surface area contributed by atoms with Crippen LogP contribution in [-0.4, -0.2) is 186 Å². The summed E-state index contributed by atoms with van der Waals surface area (Å²) >= 11 is 0. The van der Waals surface area contributed by atoms with Gasteiger partial charge in [0.05, 0.1) is 106 Å². The summed E-state index contributed by atoms with van der Waals surface area (Å²) in [5.41, 5.74) is 7.83. The molecule has 99 heavy (non-hydrogen) atoms. The lowest BCUT2D eigenvalue weighted by atomic mass is 9.98. The molecule has 1 aliphatic carbocycles. The molecule has 0 unspecified atom stereocenters. The molecule has 0 radical (unpaired) electrons. The summed E-state index contributed by atoms with van der Waals surface area (Å²) in [6, 6.07) is 51.1. The summed E-state index contributed by atoms with van der Waals surface area (Å²) in [5.74, 6) is -0.0565. The van der Waals surface area contributed by atoms with E-state index in [0.717, 1.165) is 49.8 Å². The van der Waals surface area contributed by atoms with Gasteiger partial charge in [-0.1, -0.05) is 133 Å². The van der Waals surface area contributed by atoms with Crippen LogP contribution in [0.5, 0.6) is 23.0 Å². The van der Waals surface area contributed by atoms with Gasteiger partial charge in [0.1, 0.15) is 80.8 Å². The number of ether oxygens (including phenoxy) is 14. The van der Waals surface area contributed by atoms with Crippen LogP contribution in [0.25, 0.3) is 22.0 Å². The Kier molecular flexibility index (Phi) is 29.6. The maximum atomic E-state index is 15.0. The van der Waals surface area contributed by atoms with Crippen LogP contribution in [0.4, 0.5) is 4.79 Å². The quantitative estimate of drug-likeness (QED) is 0.0658. The van der Waals surface area contributed by atoms with Crippen molar-refractivity contribution in [1.29, 1.82) is 0 Å². The summed E-state index contributed by atoms with van der Waals surface area (Å²) in [5, 5.41) is 9.63. The zero-order valence-electron chi connectivity index (χ0n) is 55.7. The molecular weight excluding hydrogens is 1270 g/mol. The van der Waals surface area contributed by atoms with Crippen molar-refractivity contribution in [2.45, 2.75) is 49.9 Å². The third-order valence-corrected chi connectivity index (χ3v) is 16.2. The number of amides is 3. The Morgan fingerprint density at radius 3 is 1.29 bits per heavy atom. The van der Waals surface area contributed by atoms with Crippen LogP contribution in [0.1, 0.15) is 39.3 Å². The monoisotopic (exact) mass is 1360 g/mol. The molecule has 0 fully saturated rings. The molecule has 2 heterocycles. The normalized spacial score (nSPS) is 16.5. The van der Waals surface area contributed by atoms with E-state index in [1.165, 1.54) is 0 Å². The van der Waals surface area contributed by atoms with Crippen molar-refractivity contribution >= 4 is 34.8 Å². The van der Waals surface area contributed by atoms with E-state index in [0.29, 0.717) is 134 Å². The Morgan fingerprint density at radius 2 is 0.788 bits per heavy atom. The van der Waals surface area contributed by atoms with Crippen molar-refractivity contribution in [3.05, 3.63) is 216 Å². The smallest absolute Gasteiger partial charge is 0.407 e. The van der Waals surface area contributed by atoms with Crippen LogP contribution >= 0.6 is 0 Å². The number of aromatic nitrogens is 1. The Labute approximate surface area is 577 Å². The first kappa shape index (κ1) is 72.4. The van der Waals surface area contributed by atoms with Crippen molar-refractivity contribution in [3.63, 3.8) is 0 Å². The van der Waals surface area contributed by atoms with Crippen molar-refractivity contribution < 1.29 is 85.5 Å². The number of rotatable bonds is 16. The molecule has 2 aliphatic rings. The highest BCUT2D eigenvalue weighted by molar-refractivity contribution is 5.94. The van der Waals surface area contributed by atoms with E-state index < -0.39 is 42.0 Å². The number of alkyl carbamates (subject to hydrolysis) is 1. The average molecular weight is 1360 g/mol. The van der Waals surface area contributed by atoms with E-state index in [-0.39, 0.29) is 64.8 Å². The lowest BCUT2D eigenvalue weighted by Crippen LogP contribution is -2.57. The molecule has 4 N–H and O–H groups in total. The number of benzene rings is 7. The second kappa shape index (κ2) is 40.5. The molecule has 524 valence electrons. The van der Waals surface area contributed by atoms with Crippen molar-refractivity contribution in [3.8, 4) is 34.1 Å². The van der Waals surface area contributed by atoms with E-state index in [9.17, 15) is 19.2 Å². The van der Waals surface area contributed by atoms with Gasteiger partial charge in [0.15, 0.2) is 0 Å². The number of hydrogen-bond donors (Lipinski definition) is 4. The molecular formula is C77H88N4O18. The predicted molar refractivity (Wildman–Crippen MR) is 369 cm³/mol. The fraction of sp³-hybridized carbons (Fsp3) is 0.377. The summed E-state index contributed by atoms with van der Waals surface area (Å²) in [4.78, 5) is 61.9. The molecule has 22 nitrogen and oxygen atoms in total. The highest BCUT2D eigenvalue weighted by Crippen LogP contribution is 2.44. The highest BCUT2D eigenvalue weighted by Gasteiger charge is 2.34. The Balaban J connectivity index is 0.771. The van der Waals surface area contributed by atoms with Gasteiger partial charge in [0.25, 0.3) is 0 Å². The van der Waals surface area contributed by atoms with Crippen LogP contribution in [0.3, 0.4) is 0 Å². The zero-order valence-corrected chi connectivity index (χ0v) is 55.7. The van der Waals surface area contributed by atoms with Crippen molar-refractivity contribution in [2.75, 3.05) is 139 Å². The summed E-state index contributed by atoms with van der Waals surface area (Å²) in [6.07, 6.45) is 1.12. The van der Waals surface area contributed by atoms with Gasteiger partial charge < -0.3 is 87.3 Å². The number of para-hydroxylation sites is 1. The second-order valence-corrected chi connectivity index (χ2v) is 23.3. The summed E-state index contributed by atoms with van der Waals surface area (Å²) in [7, 11) is 0. The zero-order chi connectivity index (χ0) is 68.3. The first-order valence-corrected chi connectivity index (χ1v) is 33.7. The molecule has 0 spiro atoms. The van der Waals surface area contributed by atoms with Crippen LogP contribution in [-0.2, 0) is 87.6 Å². The largest absolute Gasteiger partial charge is 0.491 e. The van der Waals surface area contributed by atoms with Crippen molar-refractivity contribution in [2.24, 2.45) is 0 Å². The molecule has 4 bridgehead atoms. The standard InChI is InChI=1S/C77H88N4O18/c82-74(71(48-56-14-3-1-4-15-56)79-75(83)72(50-59-53-78-70-25-12-11-20-64(59)70)81-77(85)99-55-69-67-23-9-7-21-65(67)66-22-8-10-24-68(66)69)80-73(49-57-16-5-2-6-17-57)76(84)98-54-58-46-62-52-63(47-58)97-45-41-93-37-33-89-29-27-87-31-35-91-39-43-95-61-19-13-18-60(51-61)94-42-38-90-34-30-86-26-28-88-32-36-92-40-44-96-62/h1-25,46-47,51-53,69,71-73,78H,26-45,48-50,54-55H2,(H,79,83)(H,80,82)(H,81,85)/t71-,72-,73-/m0/s1. The number of esters is 1. The van der Waals surface area contributed by atoms with E-state index in [2.05, 4.69) is 33.1 Å². The van der Waals surface area contributed by atoms with Gasteiger partial charge in [-0.15, -0.1) is 0 Å². The number of H-pyrrole nitrogens is 1. The van der Waals surface area contributed by atoms with Crippen LogP contribution in [0.2, 0.25) is 0 Å². The first-order chi connectivity index (χ1) is 48.8.